The Bertz CT molecular complexity index is 1730. The fourth-order valence-electron chi connectivity index (χ4n) is 6.97. The molecule has 6 aromatic rings. The molecule has 5 heteroatoms. The molecule has 0 aliphatic heterocycles. The zero-order valence-corrected chi connectivity index (χ0v) is 27.1. The summed E-state index contributed by atoms with van der Waals surface area (Å²) in [7, 11) is 0. The molecule has 0 saturated carbocycles. The van der Waals surface area contributed by atoms with E-state index in [2.05, 4.69) is 97.1 Å². The van der Waals surface area contributed by atoms with E-state index in [1.54, 1.807) is 0 Å². The summed E-state index contributed by atoms with van der Waals surface area (Å²) in [5.74, 6) is 1.52. The number of benzene rings is 6. The molecule has 0 spiro atoms. The Morgan fingerprint density at radius 2 is 0.651 bits per heavy atom. The summed E-state index contributed by atoms with van der Waals surface area (Å²) in [5.41, 5.74) is 9.97. The van der Waals surface area contributed by atoms with Crippen LogP contribution >= 0.6 is 23.2 Å². The van der Waals surface area contributed by atoms with Gasteiger partial charge in [-0.25, -0.2) is 0 Å². The maximum atomic E-state index is 7.58. The summed E-state index contributed by atoms with van der Waals surface area (Å²) < 4.78 is 15.0. The van der Waals surface area contributed by atoms with Crippen LogP contribution in [-0.4, -0.2) is 0 Å². The fraction of sp³-hybridized carbons (Fsp3) is 0.0526. The Morgan fingerprint density at radius 1 is 0.372 bits per heavy atom. The topological polar surface area (TPSA) is 18.5 Å². The number of hydrogen-bond acceptors (Lipinski definition) is 2. The third-order valence-electron chi connectivity index (χ3n) is 8.65. The first-order valence-electron chi connectivity index (χ1n) is 14.4. The van der Waals surface area contributed by atoms with E-state index in [9.17, 15) is 0 Å². The van der Waals surface area contributed by atoms with E-state index >= 15 is 0 Å². The molecule has 43 heavy (non-hydrogen) atoms. The van der Waals surface area contributed by atoms with E-state index in [-0.39, 0.29) is 7.25 Å². The van der Waals surface area contributed by atoms with E-state index in [1.165, 1.54) is 44.5 Å². The molecule has 0 N–H and O–H groups in total. The quantitative estimate of drug-likeness (QED) is 0.175. The van der Waals surface area contributed by atoms with Crippen molar-refractivity contribution < 1.29 is 26.8 Å². The van der Waals surface area contributed by atoms with Gasteiger partial charge in [0.05, 0.1) is 0 Å². The molecule has 2 aliphatic carbocycles. The van der Waals surface area contributed by atoms with Crippen molar-refractivity contribution in [1.29, 1.82) is 0 Å². The molecule has 0 unspecified atom stereocenters. The standard InChI is InChI=1S/2C13H9.2C6H5ClO.Zr/c2*1-3-7-12-10(5-1)9-11-6-2-4-8-13(11)12;2*7-5-1-3-6(8)4-2-5;/h2*1-9H;2*1-4,8H;/q;;;;+2/p-2. The minimum absolute atomic E-state index is 0.0720. The summed E-state index contributed by atoms with van der Waals surface area (Å²) in [6.45, 7) is 0. The predicted octanol–water partition coefficient (Wildman–Crippen LogP) is 11.0. The fourth-order valence-corrected chi connectivity index (χ4v) is 18.5. The number of fused-ring (bicyclic) bond motifs is 6. The Kier molecular flexibility index (Phi) is 6.79. The van der Waals surface area contributed by atoms with Gasteiger partial charge < -0.3 is 0 Å². The molecule has 0 aromatic heterocycles. The van der Waals surface area contributed by atoms with E-state index in [4.69, 9.17) is 28.8 Å². The summed E-state index contributed by atoms with van der Waals surface area (Å²) in [4.78, 5) is 0. The van der Waals surface area contributed by atoms with Gasteiger partial charge in [0.2, 0.25) is 0 Å². The van der Waals surface area contributed by atoms with Gasteiger partial charge >= 0.3 is 269 Å². The van der Waals surface area contributed by atoms with Crippen molar-refractivity contribution in [2.75, 3.05) is 0 Å². The average Bonchev–Trinajstić information content (AvgIpc) is 3.57. The van der Waals surface area contributed by atoms with Gasteiger partial charge in [0, 0.05) is 0 Å². The molecule has 0 atom stereocenters. The van der Waals surface area contributed by atoms with E-state index in [0.717, 1.165) is 11.5 Å². The minimum atomic E-state index is -4.70. The Morgan fingerprint density at radius 3 is 0.953 bits per heavy atom. The van der Waals surface area contributed by atoms with Crippen LogP contribution in [0.1, 0.15) is 29.5 Å². The monoisotopic (exact) mass is 674 g/mol. The molecule has 208 valence electrons. The van der Waals surface area contributed by atoms with Gasteiger partial charge in [0.25, 0.3) is 0 Å². The predicted molar refractivity (Wildman–Crippen MR) is 172 cm³/mol. The van der Waals surface area contributed by atoms with Gasteiger partial charge in [-0.1, -0.05) is 0 Å². The van der Waals surface area contributed by atoms with Crippen LogP contribution in [0.5, 0.6) is 11.5 Å². The number of halogens is 2. The van der Waals surface area contributed by atoms with Gasteiger partial charge in [0.1, 0.15) is 0 Å². The van der Waals surface area contributed by atoms with Gasteiger partial charge in [-0.2, -0.15) is 0 Å². The van der Waals surface area contributed by atoms with Crippen molar-refractivity contribution in [2.45, 2.75) is 7.25 Å². The first-order valence-corrected chi connectivity index (χ1v) is 20.0. The van der Waals surface area contributed by atoms with Crippen molar-refractivity contribution in [3.63, 3.8) is 0 Å². The average molecular weight is 677 g/mol. The number of rotatable bonds is 6. The molecule has 8 rings (SSSR count). The van der Waals surface area contributed by atoms with Crippen molar-refractivity contribution in [3.8, 4) is 33.8 Å². The van der Waals surface area contributed by atoms with Crippen LogP contribution < -0.4 is 5.63 Å². The van der Waals surface area contributed by atoms with Crippen LogP contribution in [0.4, 0.5) is 0 Å². The van der Waals surface area contributed by atoms with Crippen LogP contribution in [-0.2, 0) is 21.1 Å². The molecule has 6 aromatic carbocycles. The van der Waals surface area contributed by atoms with Crippen LogP contribution in [0, 0.1) is 0 Å². The molecule has 0 amide bonds. The zero-order chi connectivity index (χ0) is 29.0. The zero-order valence-electron chi connectivity index (χ0n) is 23.1. The van der Waals surface area contributed by atoms with Gasteiger partial charge in [0.15, 0.2) is 0 Å². The van der Waals surface area contributed by atoms with E-state index < -0.39 is 21.1 Å². The molecule has 0 saturated heterocycles. The normalized spacial score (nSPS) is 13.6. The third-order valence-corrected chi connectivity index (χ3v) is 18.9. The van der Waals surface area contributed by atoms with Crippen molar-refractivity contribution in [3.05, 3.63) is 178 Å². The van der Waals surface area contributed by atoms with E-state index in [0.29, 0.717) is 10.0 Å². The summed E-state index contributed by atoms with van der Waals surface area (Å²) in [6.07, 6.45) is 0. The molecule has 2 nitrogen and oxygen atoms in total. The third kappa shape index (κ3) is 4.49. The molecular formula is C38H26Cl2O2Zr. The second-order valence-corrected chi connectivity index (χ2v) is 19.3. The van der Waals surface area contributed by atoms with E-state index in [1.807, 2.05) is 48.5 Å². The molecule has 0 bridgehead atoms. The molecule has 2 aliphatic rings. The van der Waals surface area contributed by atoms with Crippen molar-refractivity contribution in [1.82, 2.24) is 0 Å². The van der Waals surface area contributed by atoms with Crippen molar-refractivity contribution in [2.24, 2.45) is 0 Å². The summed E-state index contributed by atoms with van der Waals surface area (Å²) in [5, 5.41) is 1.33. The first kappa shape index (κ1) is 27.0. The molecule has 0 radical (unpaired) electrons. The maximum absolute atomic E-state index is 7.58. The van der Waals surface area contributed by atoms with Gasteiger partial charge in [-0.15, -0.1) is 0 Å². The summed E-state index contributed by atoms with van der Waals surface area (Å²) in [6, 6.07) is 50.4. The Balaban J connectivity index is 1.47. The second-order valence-electron chi connectivity index (χ2n) is 11.0. The van der Waals surface area contributed by atoms with Crippen LogP contribution in [0.2, 0.25) is 10.0 Å². The van der Waals surface area contributed by atoms with Crippen LogP contribution in [0.15, 0.2) is 146 Å². The Hall–Kier alpha value is -3.62. The summed E-state index contributed by atoms with van der Waals surface area (Å²) >= 11 is 8.03. The first-order chi connectivity index (χ1) is 21.1. The second kappa shape index (κ2) is 10.8. The van der Waals surface area contributed by atoms with Gasteiger partial charge in [-0.05, 0) is 0 Å². The van der Waals surface area contributed by atoms with Crippen molar-refractivity contribution >= 4 is 23.2 Å². The molecular weight excluding hydrogens is 651 g/mol. The number of hydrogen-bond donors (Lipinski definition) is 0. The van der Waals surface area contributed by atoms with Crippen LogP contribution in [0.3, 0.4) is 0 Å². The van der Waals surface area contributed by atoms with Crippen LogP contribution in [0.25, 0.3) is 22.3 Å². The molecule has 0 fully saturated rings. The molecule has 0 heterocycles. The SMILES string of the molecule is Clc1ccc([O][Zr]([O]c2ccc(Cl)cc2)([CH]2c3ccccc3-c3ccccc32)[CH]2c3ccccc3-c3ccccc32)cc1. The Labute approximate surface area is 267 Å². The van der Waals surface area contributed by atoms with Gasteiger partial charge in [-0.3, -0.25) is 0 Å².